The van der Waals surface area contributed by atoms with Gasteiger partial charge in [0.05, 0.1) is 30.4 Å². The number of likely N-dealkylation sites (tertiary alicyclic amines) is 1. The van der Waals surface area contributed by atoms with Gasteiger partial charge in [-0.15, -0.1) is 0 Å². The van der Waals surface area contributed by atoms with E-state index >= 15 is 0 Å². The van der Waals surface area contributed by atoms with Crippen molar-refractivity contribution in [1.29, 1.82) is 0 Å². The minimum atomic E-state index is -1.04. The molecule has 0 unspecified atom stereocenters. The van der Waals surface area contributed by atoms with Gasteiger partial charge in [0, 0.05) is 44.4 Å². The molecule has 1 aliphatic rings. The molecule has 0 radical (unpaired) electrons. The lowest BCUT2D eigenvalue weighted by Gasteiger charge is -2.38. The molecule has 1 amide bonds. The van der Waals surface area contributed by atoms with Crippen molar-refractivity contribution in [2.24, 2.45) is 7.05 Å². The van der Waals surface area contributed by atoms with E-state index in [0.29, 0.717) is 38.0 Å². The van der Waals surface area contributed by atoms with Crippen LogP contribution in [0.3, 0.4) is 0 Å². The van der Waals surface area contributed by atoms with E-state index in [-0.39, 0.29) is 23.9 Å². The molecule has 0 bridgehead atoms. The Morgan fingerprint density at radius 3 is 2.56 bits per heavy atom. The Kier molecular flexibility index (Phi) is 6.23. The number of aryl methyl sites for hydroxylation is 1. The monoisotopic (exact) mass is 435 g/mol. The Morgan fingerprint density at radius 1 is 1.22 bits per heavy atom. The van der Waals surface area contributed by atoms with Crippen LogP contribution in [0.1, 0.15) is 37.7 Å². The first-order chi connectivity index (χ1) is 15.3. The molecule has 3 aromatic rings. The van der Waals surface area contributed by atoms with E-state index in [9.17, 15) is 14.7 Å². The summed E-state index contributed by atoms with van der Waals surface area (Å²) in [6, 6.07) is 11.5. The molecular formula is C24H29N5O3. The zero-order valence-electron chi connectivity index (χ0n) is 18.5. The van der Waals surface area contributed by atoms with E-state index in [4.69, 9.17) is 0 Å². The third-order valence-electron chi connectivity index (χ3n) is 6.24. The lowest BCUT2D eigenvalue weighted by atomic mass is 9.90. The first kappa shape index (κ1) is 22.0. The minimum absolute atomic E-state index is 0.100. The smallest absolute Gasteiger partial charge is 0.253 e. The lowest BCUT2D eigenvalue weighted by molar-refractivity contribution is -0.136. The van der Waals surface area contributed by atoms with Crippen LogP contribution in [0.2, 0.25) is 0 Å². The van der Waals surface area contributed by atoms with Crippen molar-refractivity contribution in [1.82, 2.24) is 24.2 Å². The molecule has 1 N–H and O–H groups in total. The van der Waals surface area contributed by atoms with E-state index in [0.717, 1.165) is 11.1 Å². The zero-order chi connectivity index (χ0) is 22.7. The molecule has 3 heterocycles. The molecule has 4 rings (SSSR count). The maximum Gasteiger partial charge on any atom is 0.253 e. The fourth-order valence-electron chi connectivity index (χ4n) is 4.19. The Labute approximate surface area is 187 Å². The molecule has 1 atom stereocenters. The SMILES string of the molecule is C[C@H](CC(=O)N1CCC(O)(Cn2cnc(-c3cnn(C)c3)cc2=O)CC1)c1ccccc1. The van der Waals surface area contributed by atoms with Gasteiger partial charge in [0.2, 0.25) is 5.91 Å². The van der Waals surface area contributed by atoms with Gasteiger partial charge in [0.1, 0.15) is 0 Å². The molecule has 1 aliphatic heterocycles. The molecule has 2 aromatic heterocycles. The number of piperidine rings is 1. The molecule has 1 fully saturated rings. The van der Waals surface area contributed by atoms with Crippen LogP contribution in [0.5, 0.6) is 0 Å². The summed E-state index contributed by atoms with van der Waals surface area (Å²) in [5.74, 6) is 0.246. The first-order valence-electron chi connectivity index (χ1n) is 10.9. The zero-order valence-corrected chi connectivity index (χ0v) is 18.5. The highest BCUT2D eigenvalue weighted by molar-refractivity contribution is 5.77. The fourth-order valence-corrected chi connectivity index (χ4v) is 4.19. The van der Waals surface area contributed by atoms with Crippen LogP contribution in [0.4, 0.5) is 0 Å². The molecule has 168 valence electrons. The van der Waals surface area contributed by atoms with Crippen molar-refractivity contribution < 1.29 is 9.90 Å². The summed E-state index contributed by atoms with van der Waals surface area (Å²) >= 11 is 0. The predicted molar refractivity (Wildman–Crippen MR) is 121 cm³/mol. The number of hydrogen-bond acceptors (Lipinski definition) is 5. The number of rotatable bonds is 6. The molecule has 32 heavy (non-hydrogen) atoms. The van der Waals surface area contributed by atoms with Crippen LogP contribution in [0, 0.1) is 0 Å². The third-order valence-corrected chi connectivity index (χ3v) is 6.24. The van der Waals surface area contributed by atoms with Gasteiger partial charge < -0.3 is 10.0 Å². The molecule has 0 saturated carbocycles. The second-order valence-corrected chi connectivity index (χ2v) is 8.76. The van der Waals surface area contributed by atoms with Gasteiger partial charge in [0.25, 0.3) is 5.56 Å². The summed E-state index contributed by atoms with van der Waals surface area (Å²) in [5, 5.41) is 15.2. The van der Waals surface area contributed by atoms with Crippen LogP contribution < -0.4 is 5.56 Å². The molecule has 1 saturated heterocycles. The van der Waals surface area contributed by atoms with Gasteiger partial charge in [-0.1, -0.05) is 37.3 Å². The molecule has 1 aromatic carbocycles. The minimum Gasteiger partial charge on any atom is -0.388 e. The number of nitrogens with zero attached hydrogens (tertiary/aromatic N) is 5. The largest absolute Gasteiger partial charge is 0.388 e. The molecular weight excluding hydrogens is 406 g/mol. The number of aromatic nitrogens is 4. The standard InChI is InChI=1S/C24H29N5O3/c1-18(19-6-4-3-5-7-19)12-22(30)28-10-8-24(32,9-11-28)16-29-17-25-21(13-23(29)31)20-14-26-27(2)15-20/h3-7,13-15,17-18,32H,8-12,16H2,1-2H3/t18-/m1/s1. The van der Waals surface area contributed by atoms with Crippen molar-refractivity contribution >= 4 is 5.91 Å². The van der Waals surface area contributed by atoms with Crippen LogP contribution >= 0.6 is 0 Å². The summed E-state index contributed by atoms with van der Waals surface area (Å²) < 4.78 is 3.09. The maximum atomic E-state index is 12.8. The Balaban J connectivity index is 1.35. The van der Waals surface area contributed by atoms with Gasteiger partial charge in [0.15, 0.2) is 0 Å². The summed E-state index contributed by atoms with van der Waals surface area (Å²) in [5.41, 5.74) is 1.22. The van der Waals surface area contributed by atoms with Crippen molar-refractivity contribution in [3.8, 4) is 11.3 Å². The predicted octanol–water partition coefficient (Wildman–Crippen LogP) is 2.19. The van der Waals surface area contributed by atoms with E-state index in [2.05, 4.69) is 17.0 Å². The second-order valence-electron chi connectivity index (χ2n) is 8.76. The van der Waals surface area contributed by atoms with Crippen molar-refractivity contribution in [3.63, 3.8) is 0 Å². The normalized spacial score (nSPS) is 16.7. The van der Waals surface area contributed by atoms with Gasteiger partial charge in [-0.25, -0.2) is 4.98 Å². The second kappa shape index (κ2) is 9.08. The van der Waals surface area contributed by atoms with Crippen LogP contribution in [-0.4, -0.2) is 53.9 Å². The first-order valence-corrected chi connectivity index (χ1v) is 10.9. The summed E-state index contributed by atoms with van der Waals surface area (Å²) in [7, 11) is 1.81. The van der Waals surface area contributed by atoms with Crippen molar-refractivity contribution in [2.45, 2.75) is 44.2 Å². The average molecular weight is 436 g/mol. The lowest BCUT2D eigenvalue weighted by Crippen LogP contribution is -2.49. The number of carbonyl (C=O) groups excluding carboxylic acids is 1. The highest BCUT2D eigenvalue weighted by Crippen LogP contribution is 2.26. The quantitative estimate of drug-likeness (QED) is 0.641. The van der Waals surface area contributed by atoms with Crippen molar-refractivity contribution in [3.05, 3.63) is 71.0 Å². The highest BCUT2D eigenvalue weighted by Gasteiger charge is 2.34. The van der Waals surface area contributed by atoms with Crippen LogP contribution in [0.15, 0.2) is 59.9 Å². The van der Waals surface area contributed by atoms with Crippen LogP contribution in [0.25, 0.3) is 11.3 Å². The fraction of sp³-hybridized carbons (Fsp3) is 0.417. The average Bonchev–Trinajstić information content (AvgIpc) is 3.22. The van der Waals surface area contributed by atoms with Crippen LogP contribution in [-0.2, 0) is 18.4 Å². The number of aliphatic hydroxyl groups is 1. The van der Waals surface area contributed by atoms with Gasteiger partial charge in [-0.3, -0.25) is 18.8 Å². The van der Waals surface area contributed by atoms with E-state index < -0.39 is 5.60 Å². The number of carbonyl (C=O) groups is 1. The molecule has 0 spiro atoms. The van der Waals surface area contributed by atoms with Gasteiger partial charge >= 0.3 is 0 Å². The Hall–Kier alpha value is -3.26. The van der Waals surface area contributed by atoms with E-state index in [1.165, 1.54) is 17.0 Å². The Bertz CT molecular complexity index is 1130. The maximum absolute atomic E-state index is 12.8. The number of hydrogen-bond donors (Lipinski definition) is 1. The highest BCUT2D eigenvalue weighted by atomic mass is 16.3. The van der Waals surface area contributed by atoms with Crippen molar-refractivity contribution in [2.75, 3.05) is 13.1 Å². The summed E-state index contributed by atoms with van der Waals surface area (Å²) in [6.45, 7) is 3.18. The summed E-state index contributed by atoms with van der Waals surface area (Å²) in [4.78, 5) is 31.5. The molecule has 0 aliphatic carbocycles. The van der Waals surface area contributed by atoms with Gasteiger partial charge in [-0.2, -0.15) is 5.10 Å². The Morgan fingerprint density at radius 2 is 1.94 bits per heavy atom. The van der Waals surface area contributed by atoms with E-state index in [1.54, 1.807) is 24.1 Å². The molecule has 8 heteroatoms. The number of benzene rings is 1. The summed E-state index contributed by atoms with van der Waals surface area (Å²) in [6.07, 6.45) is 6.23. The topological polar surface area (TPSA) is 93.2 Å². The van der Waals surface area contributed by atoms with Gasteiger partial charge in [-0.05, 0) is 24.3 Å². The van der Waals surface area contributed by atoms with E-state index in [1.807, 2.05) is 35.2 Å². The molecule has 8 nitrogen and oxygen atoms in total. The number of amides is 1. The third kappa shape index (κ3) is 4.96.